The van der Waals surface area contributed by atoms with E-state index in [2.05, 4.69) is 24.0 Å². The number of nitrogens with two attached hydrogens (primary N) is 1. The molecule has 0 aromatic heterocycles. The van der Waals surface area contributed by atoms with Crippen LogP contribution in [0.15, 0.2) is 18.2 Å². The lowest BCUT2D eigenvalue weighted by molar-refractivity contribution is 0.0982. The van der Waals surface area contributed by atoms with E-state index in [1.165, 1.54) is 24.8 Å². The van der Waals surface area contributed by atoms with Crippen molar-refractivity contribution in [2.75, 3.05) is 27.3 Å². The lowest BCUT2D eigenvalue weighted by atomic mass is 9.95. The molecular formula is C17H28N2O2. The summed E-state index contributed by atoms with van der Waals surface area (Å²) in [6.45, 7) is 4.19. The number of hydrogen-bond acceptors (Lipinski definition) is 4. The van der Waals surface area contributed by atoms with Crippen LogP contribution in [0.1, 0.15) is 44.2 Å². The second-order valence-electron chi connectivity index (χ2n) is 5.76. The first-order valence-electron chi connectivity index (χ1n) is 7.89. The van der Waals surface area contributed by atoms with Crippen molar-refractivity contribution in [3.63, 3.8) is 0 Å². The summed E-state index contributed by atoms with van der Waals surface area (Å²) in [6.07, 6.45) is 4.94. The topological polar surface area (TPSA) is 47.7 Å². The van der Waals surface area contributed by atoms with Crippen LogP contribution in [0.25, 0.3) is 0 Å². The molecule has 2 unspecified atom stereocenters. The summed E-state index contributed by atoms with van der Waals surface area (Å²) in [5.41, 5.74) is 7.06. The fourth-order valence-corrected chi connectivity index (χ4v) is 3.34. The maximum atomic E-state index is 5.78. The van der Waals surface area contributed by atoms with Gasteiger partial charge in [-0.2, -0.15) is 0 Å². The number of piperidine rings is 1. The van der Waals surface area contributed by atoms with Crippen LogP contribution >= 0.6 is 0 Å². The molecule has 0 saturated carbocycles. The van der Waals surface area contributed by atoms with E-state index in [0.29, 0.717) is 12.1 Å². The zero-order chi connectivity index (χ0) is 15.2. The highest BCUT2D eigenvalue weighted by Gasteiger charge is 2.27. The van der Waals surface area contributed by atoms with Gasteiger partial charge in [0.1, 0.15) is 0 Å². The predicted molar refractivity (Wildman–Crippen MR) is 86.0 cm³/mol. The first kappa shape index (κ1) is 16.1. The van der Waals surface area contributed by atoms with Crippen LogP contribution in [0.4, 0.5) is 0 Å². The first-order chi connectivity index (χ1) is 10.2. The molecule has 0 bridgehead atoms. The Morgan fingerprint density at radius 2 is 2.00 bits per heavy atom. The number of methoxy groups -OCH3 is 2. The Kier molecular flexibility index (Phi) is 5.88. The highest BCUT2D eigenvalue weighted by atomic mass is 16.5. The van der Waals surface area contributed by atoms with E-state index in [9.17, 15) is 0 Å². The second kappa shape index (κ2) is 7.66. The van der Waals surface area contributed by atoms with Gasteiger partial charge in [0.15, 0.2) is 11.5 Å². The van der Waals surface area contributed by atoms with Crippen LogP contribution in [0.5, 0.6) is 11.5 Å². The molecule has 0 amide bonds. The molecule has 1 fully saturated rings. The van der Waals surface area contributed by atoms with Gasteiger partial charge in [-0.3, -0.25) is 4.90 Å². The fourth-order valence-electron chi connectivity index (χ4n) is 3.34. The molecule has 1 aromatic rings. The Morgan fingerprint density at radius 3 is 2.67 bits per heavy atom. The monoisotopic (exact) mass is 292 g/mol. The van der Waals surface area contributed by atoms with Crippen LogP contribution in [-0.2, 0) is 0 Å². The normalized spacial score (nSPS) is 21.0. The number of hydrogen-bond donors (Lipinski definition) is 1. The van der Waals surface area contributed by atoms with E-state index < -0.39 is 0 Å². The average Bonchev–Trinajstić information content (AvgIpc) is 2.54. The van der Waals surface area contributed by atoms with Crippen LogP contribution in [-0.4, -0.2) is 38.3 Å². The summed E-state index contributed by atoms with van der Waals surface area (Å²) in [6, 6.07) is 7.21. The van der Waals surface area contributed by atoms with Crippen molar-refractivity contribution in [1.29, 1.82) is 0 Å². The highest BCUT2D eigenvalue weighted by Crippen LogP contribution is 2.34. The van der Waals surface area contributed by atoms with Crippen molar-refractivity contribution in [2.24, 2.45) is 5.73 Å². The lowest BCUT2D eigenvalue weighted by Gasteiger charge is -2.40. The molecular weight excluding hydrogens is 264 g/mol. The van der Waals surface area contributed by atoms with Gasteiger partial charge in [-0.1, -0.05) is 12.5 Å². The molecule has 1 aromatic carbocycles. The molecule has 1 aliphatic heterocycles. The number of rotatable bonds is 6. The maximum Gasteiger partial charge on any atom is 0.161 e. The summed E-state index contributed by atoms with van der Waals surface area (Å²) in [4.78, 5) is 2.59. The van der Waals surface area contributed by atoms with Gasteiger partial charge in [0, 0.05) is 12.1 Å². The average molecular weight is 292 g/mol. The van der Waals surface area contributed by atoms with Crippen molar-refractivity contribution in [3.05, 3.63) is 23.8 Å². The summed E-state index contributed by atoms with van der Waals surface area (Å²) >= 11 is 0. The third kappa shape index (κ3) is 3.69. The third-order valence-corrected chi connectivity index (χ3v) is 4.56. The van der Waals surface area contributed by atoms with Crippen LogP contribution in [0.2, 0.25) is 0 Å². The summed E-state index contributed by atoms with van der Waals surface area (Å²) in [5, 5.41) is 0. The Hall–Kier alpha value is -1.26. The molecule has 0 spiro atoms. The molecule has 0 radical (unpaired) electrons. The minimum Gasteiger partial charge on any atom is -0.493 e. The van der Waals surface area contributed by atoms with E-state index >= 15 is 0 Å². The third-order valence-electron chi connectivity index (χ3n) is 4.56. The first-order valence-corrected chi connectivity index (χ1v) is 7.89. The SMILES string of the molecule is COc1ccc(C(C)N2CCCCC2CCN)cc1OC. The van der Waals surface area contributed by atoms with Crippen molar-refractivity contribution in [2.45, 2.75) is 44.7 Å². The molecule has 2 N–H and O–H groups in total. The van der Waals surface area contributed by atoms with Gasteiger partial charge in [-0.05, 0) is 57.0 Å². The Labute approximate surface area is 128 Å². The Balaban J connectivity index is 2.19. The number of ether oxygens (including phenoxy) is 2. The summed E-state index contributed by atoms with van der Waals surface area (Å²) in [5.74, 6) is 1.58. The lowest BCUT2D eigenvalue weighted by Crippen LogP contribution is -2.42. The van der Waals surface area contributed by atoms with E-state index in [4.69, 9.17) is 15.2 Å². The van der Waals surface area contributed by atoms with Crippen molar-refractivity contribution in [1.82, 2.24) is 4.90 Å². The summed E-state index contributed by atoms with van der Waals surface area (Å²) in [7, 11) is 3.35. The standard InChI is InChI=1S/C17H28N2O2/c1-13(19-11-5-4-6-15(19)9-10-18)14-7-8-16(20-2)17(12-14)21-3/h7-8,12-13,15H,4-6,9-11,18H2,1-3H3. The van der Waals surface area contributed by atoms with Gasteiger partial charge in [-0.15, -0.1) is 0 Å². The highest BCUT2D eigenvalue weighted by molar-refractivity contribution is 5.43. The minimum atomic E-state index is 0.377. The van der Waals surface area contributed by atoms with E-state index in [0.717, 1.165) is 31.0 Å². The van der Waals surface area contributed by atoms with E-state index in [-0.39, 0.29) is 0 Å². The number of likely N-dealkylation sites (tertiary alicyclic amines) is 1. The van der Waals surface area contributed by atoms with Gasteiger partial charge in [0.2, 0.25) is 0 Å². The van der Waals surface area contributed by atoms with Crippen molar-refractivity contribution >= 4 is 0 Å². The zero-order valence-electron chi connectivity index (χ0n) is 13.5. The Bertz CT molecular complexity index is 448. The quantitative estimate of drug-likeness (QED) is 0.875. The second-order valence-corrected chi connectivity index (χ2v) is 5.76. The molecule has 1 saturated heterocycles. The van der Waals surface area contributed by atoms with Crippen molar-refractivity contribution < 1.29 is 9.47 Å². The minimum absolute atomic E-state index is 0.377. The molecule has 1 heterocycles. The van der Waals surface area contributed by atoms with Crippen molar-refractivity contribution in [3.8, 4) is 11.5 Å². The fraction of sp³-hybridized carbons (Fsp3) is 0.647. The van der Waals surface area contributed by atoms with E-state index in [1.807, 2.05) is 6.07 Å². The molecule has 2 rings (SSSR count). The molecule has 4 nitrogen and oxygen atoms in total. The van der Waals surface area contributed by atoms with Gasteiger partial charge in [0.25, 0.3) is 0 Å². The van der Waals surface area contributed by atoms with Gasteiger partial charge in [0.05, 0.1) is 14.2 Å². The molecule has 0 aliphatic carbocycles. The Morgan fingerprint density at radius 1 is 1.24 bits per heavy atom. The molecule has 21 heavy (non-hydrogen) atoms. The summed E-state index contributed by atoms with van der Waals surface area (Å²) < 4.78 is 10.7. The number of benzene rings is 1. The van der Waals surface area contributed by atoms with Gasteiger partial charge in [-0.25, -0.2) is 0 Å². The number of nitrogens with zero attached hydrogens (tertiary/aromatic N) is 1. The van der Waals surface area contributed by atoms with Gasteiger partial charge < -0.3 is 15.2 Å². The smallest absolute Gasteiger partial charge is 0.161 e. The molecule has 2 atom stereocenters. The van der Waals surface area contributed by atoms with Crippen LogP contribution in [0, 0.1) is 0 Å². The van der Waals surface area contributed by atoms with E-state index in [1.54, 1.807) is 14.2 Å². The maximum absolute atomic E-state index is 5.78. The van der Waals surface area contributed by atoms with Crippen LogP contribution in [0.3, 0.4) is 0 Å². The predicted octanol–water partition coefficient (Wildman–Crippen LogP) is 2.97. The van der Waals surface area contributed by atoms with Crippen LogP contribution < -0.4 is 15.2 Å². The molecule has 4 heteroatoms. The zero-order valence-corrected chi connectivity index (χ0v) is 13.5. The molecule has 1 aliphatic rings. The largest absolute Gasteiger partial charge is 0.493 e. The molecule has 118 valence electrons. The van der Waals surface area contributed by atoms with Gasteiger partial charge >= 0.3 is 0 Å².